The number of hydrogen-bond donors (Lipinski definition) is 3. The molecule has 0 aromatic carbocycles. The van der Waals surface area contributed by atoms with Gasteiger partial charge in [0.1, 0.15) is 11.1 Å². The number of pyridine rings is 1. The highest BCUT2D eigenvalue weighted by Crippen LogP contribution is 2.19. The monoisotopic (exact) mass is 250 g/mol. The number of carbonyl (C=O) groups is 1. The van der Waals surface area contributed by atoms with Crippen molar-refractivity contribution in [2.45, 2.75) is 12.8 Å². The molecule has 0 unspecified atom stereocenters. The van der Waals surface area contributed by atoms with Gasteiger partial charge in [0.15, 0.2) is 0 Å². The van der Waals surface area contributed by atoms with E-state index < -0.39 is 5.97 Å². The van der Waals surface area contributed by atoms with Crippen LogP contribution in [-0.4, -0.2) is 39.4 Å². The Morgan fingerprint density at radius 3 is 2.94 bits per heavy atom. The first kappa shape index (κ1) is 12.4. The van der Waals surface area contributed by atoms with Crippen LogP contribution >= 0.6 is 0 Å². The van der Waals surface area contributed by atoms with Crippen LogP contribution in [0.25, 0.3) is 11.0 Å². The van der Waals surface area contributed by atoms with E-state index in [1.54, 1.807) is 12.1 Å². The first-order valence-electron chi connectivity index (χ1n) is 5.67. The van der Waals surface area contributed by atoms with Crippen molar-refractivity contribution >= 4 is 17.0 Å². The number of aromatic carboxylic acids is 1. The molecule has 2 heterocycles. The van der Waals surface area contributed by atoms with Gasteiger partial charge in [-0.05, 0) is 18.9 Å². The maximum atomic E-state index is 11.0. The average Bonchev–Trinajstić information content (AvgIpc) is 2.77. The molecule has 0 bridgehead atoms. The Hall–Kier alpha value is -2.08. The fourth-order valence-corrected chi connectivity index (χ4v) is 1.62. The maximum Gasteiger partial charge on any atom is 0.339 e. The molecule has 6 nitrogen and oxygen atoms in total. The number of rotatable bonds is 6. The molecule has 0 aliphatic rings. The SMILES string of the molecule is O=C(O)c1c[nH]c2ccc(OCCCCO)nc12. The normalized spacial score (nSPS) is 10.7. The zero-order chi connectivity index (χ0) is 13.0. The lowest BCUT2D eigenvalue weighted by atomic mass is 10.3. The van der Waals surface area contributed by atoms with Crippen molar-refractivity contribution in [1.82, 2.24) is 9.97 Å². The van der Waals surface area contributed by atoms with E-state index in [-0.39, 0.29) is 12.2 Å². The average molecular weight is 250 g/mol. The molecule has 0 radical (unpaired) electrons. The lowest BCUT2D eigenvalue weighted by molar-refractivity contribution is 0.0699. The number of hydrogen-bond acceptors (Lipinski definition) is 4. The Bertz CT molecular complexity index is 550. The Balaban J connectivity index is 2.15. The number of unbranched alkanes of at least 4 members (excludes halogenated alkanes) is 1. The molecule has 2 aromatic heterocycles. The van der Waals surface area contributed by atoms with E-state index in [0.29, 0.717) is 29.9 Å². The minimum absolute atomic E-state index is 0.130. The number of aromatic nitrogens is 2. The predicted molar refractivity (Wildman–Crippen MR) is 64.9 cm³/mol. The lowest BCUT2D eigenvalue weighted by Gasteiger charge is -2.04. The predicted octanol–water partition coefficient (Wildman–Crippen LogP) is 1.41. The van der Waals surface area contributed by atoms with Crippen LogP contribution in [0.5, 0.6) is 5.88 Å². The smallest absolute Gasteiger partial charge is 0.339 e. The highest BCUT2D eigenvalue weighted by molar-refractivity contribution is 6.01. The summed E-state index contributed by atoms with van der Waals surface area (Å²) in [7, 11) is 0. The quantitative estimate of drug-likeness (QED) is 0.674. The van der Waals surface area contributed by atoms with Gasteiger partial charge in [-0.2, -0.15) is 0 Å². The first-order chi connectivity index (χ1) is 8.72. The van der Waals surface area contributed by atoms with E-state index in [9.17, 15) is 4.79 Å². The Labute approximate surface area is 103 Å². The van der Waals surface area contributed by atoms with Gasteiger partial charge in [0.05, 0.1) is 12.1 Å². The van der Waals surface area contributed by atoms with Crippen LogP contribution in [0, 0.1) is 0 Å². The number of aliphatic hydroxyl groups excluding tert-OH is 1. The van der Waals surface area contributed by atoms with E-state index in [2.05, 4.69) is 9.97 Å². The first-order valence-corrected chi connectivity index (χ1v) is 5.67. The molecule has 3 N–H and O–H groups in total. The van der Waals surface area contributed by atoms with Gasteiger partial charge in [-0.3, -0.25) is 0 Å². The molecule has 18 heavy (non-hydrogen) atoms. The maximum absolute atomic E-state index is 11.0. The zero-order valence-corrected chi connectivity index (χ0v) is 9.72. The topological polar surface area (TPSA) is 95.4 Å². The Morgan fingerprint density at radius 1 is 1.39 bits per heavy atom. The highest BCUT2D eigenvalue weighted by atomic mass is 16.5. The van der Waals surface area contributed by atoms with Gasteiger partial charge in [-0.1, -0.05) is 0 Å². The number of aromatic amines is 1. The lowest BCUT2D eigenvalue weighted by Crippen LogP contribution is -2.01. The molecule has 0 aliphatic heterocycles. The van der Waals surface area contributed by atoms with Crippen LogP contribution in [0.15, 0.2) is 18.3 Å². The molecule has 0 atom stereocenters. The molecular formula is C12H14N2O4. The van der Waals surface area contributed by atoms with Crippen molar-refractivity contribution in [1.29, 1.82) is 0 Å². The van der Waals surface area contributed by atoms with Crippen LogP contribution in [0.2, 0.25) is 0 Å². The minimum Gasteiger partial charge on any atom is -0.478 e. The van der Waals surface area contributed by atoms with E-state index >= 15 is 0 Å². The molecular weight excluding hydrogens is 236 g/mol. The molecule has 0 saturated heterocycles. The molecule has 2 rings (SSSR count). The summed E-state index contributed by atoms with van der Waals surface area (Å²) >= 11 is 0. The van der Waals surface area contributed by atoms with E-state index in [4.69, 9.17) is 14.9 Å². The van der Waals surface area contributed by atoms with Crippen LogP contribution < -0.4 is 4.74 Å². The van der Waals surface area contributed by atoms with Crippen molar-refractivity contribution in [2.24, 2.45) is 0 Å². The van der Waals surface area contributed by atoms with E-state index in [1.165, 1.54) is 6.20 Å². The number of H-pyrrole nitrogens is 1. The molecule has 6 heteroatoms. The second-order valence-corrected chi connectivity index (χ2v) is 3.83. The van der Waals surface area contributed by atoms with Crippen molar-refractivity contribution in [3.05, 3.63) is 23.9 Å². The van der Waals surface area contributed by atoms with Crippen molar-refractivity contribution in [3.63, 3.8) is 0 Å². The third kappa shape index (κ3) is 2.60. The van der Waals surface area contributed by atoms with Gasteiger partial charge < -0.3 is 19.9 Å². The van der Waals surface area contributed by atoms with Gasteiger partial charge in [-0.25, -0.2) is 9.78 Å². The van der Waals surface area contributed by atoms with Crippen LogP contribution in [0.4, 0.5) is 0 Å². The van der Waals surface area contributed by atoms with Crippen molar-refractivity contribution in [3.8, 4) is 5.88 Å². The van der Waals surface area contributed by atoms with Gasteiger partial charge in [0.25, 0.3) is 0 Å². The van der Waals surface area contributed by atoms with Crippen LogP contribution in [0.1, 0.15) is 23.2 Å². The fourth-order valence-electron chi connectivity index (χ4n) is 1.62. The molecule has 0 saturated carbocycles. The number of carboxylic acids is 1. The molecule has 0 amide bonds. The zero-order valence-electron chi connectivity index (χ0n) is 9.72. The molecule has 0 fully saturated rings. The Morgan fingerprint density at radius 2 is 2.22 bits per heavy atom. The van der Waals surface area contributed by atoms with Crippen LogP contribution in [0.3, 0.4) is 0 Å². The number of ether oxygens (including phenoxy) is 1. The van der Waals surface area contributed by atoms with Gasteiger partial charge in [0.2, 0.25) is 5.88 Å². The summed E-state index contributed by atoms with van der Waals surface area (Å²) in [6.07, 6.45) is 2.82. The summed E-state index contributed by atoms with van der Waals surface area (Å²) in [5, 5.41) is 17.6. The van der Waals surface area contributed by atoms with E-state index in [0.717, 1.165) is 6.42 Å². The number of aliphatic hydroxyl groups is 1. The second-order valence-electron chi connectivity index (χ2n) is 3.83. The number of fused-ring (bicyclic) bond motifs is 1. The molecule has 0 spiro atoms. The molecule has 2 aromatic rings. The molecule has 0 aliphatic carbocycles. The van der Waals surface area contributed by atoms with Gasteiger partial charge in [-0.15, -0.1) is 0 Å². The number of nitrogens with zero attached hydrogens (tertiary/aromatic N) is 1. The third-order valence-electron chi connectivity index (χ3n) is 2.53. The second kappa shape index (κ2) is 5.50. The van der Waals surface area contributed by atoms with Crippen molar-refractivity contribution in [2.75, 3.05) is 13.2 Å². The molecule has 96 valence electrons. The van der Waals surface area contributed by atoms with Gasteiger partial charge in [0, 0.05) is 18.9 Å². The standard InChI is InChI=1S/C12H14N2O4/c15-5-1-2-6-18-10-4-3-9-11(14-10)8(7-13-9)12(16)17/h3-4,7,13,15H,1-2,5-6H2,(H,16,17). The summed E-state index contributed by atoms with van der Waals surface area (Å²) in [5.74, 6) is -0.631. The van der Waals surface area contributed by atoms with Crippen LogP contribution in [-0.2, 0) is 0 Å². The third-order valence-corrected chi connectivity index (χ3v) is 2.53. The summed E-state index contributed by atoms with van der Waals surface area (Å²) in [5.41, 5.74) is 1.18. The summed E-state index contributed by atoms with van der Waals surface area (Å²) in [6, 6.07) is 3.42. The fraction of sp³-hybridized carbons (Fsp3) is 0.333. The summed E-state index contributed by atoms with van der Waals surface area (Å²) in [6.45, 7) is 0.586. The number of carboxylic acid groups (broad SMARTS) is 1. The summed E-state index contributed by atoms with van der Waals surface area (Å²) in [4.78, 5) is 18.0. The van der Waals surface area contributed by atoms with Crippen molar-refractivity contribution < 1.29 is 19.7 Å². The Kier molecular flexibility index (Phi) is 3.78. The largest absolute Gasteiger partial charge is 0.478 e. The van der Waals surface area contributed by atoms with E-state index in [1.807, 2.05) is 0 Å². The minimum atomic E-state index is -1.02. The summed E-state index contributed by atoms with van der Waals surface area (Å²) < 4.78 is 5.39. The highest BCUT2D eigenvalue weighted by Gasteiger charge is 2.12. The van der Waals surface area contributed by atoms with Gasteiger partial charge >= 0.3 is 5.97 Å². The number of nitrogens with one attached hydrogen (secondary N) is 1.